The van der Waals surface area contributed by atoms with Crippen molar-refractivity contribution in [2.75, 3.05) is 17.2 Å². The number of esters is 1. The molecular formula is C35H49Cl2N3O4. The van der Waals surface area contributed by atoms with Crippen molar-refractivity contribution in [3.63, 3.8) is 0 Å². The Kier molecular flexibility index (Phi) is 17.8. The molecular weight excluding hydrogens is 597 g/mol. The molecule has 1 unspecified atom stereocenters. The zero-order valence-electron chi connectivity index (χ0n) is 26.5. The van der Waals surface area contributed by atoms with Gasteiger partial charge in [-0.1, -0.05) is 120 Å². The molecule has 0 aliphatic heterocycles. The number of ketones is 1. The van der Waals surface area contributed by atoms with Gasteiger partial charge in [0.25, 0.3) is 5.91 Å². The second-order valence-electron chi connectivity index (χ2n) is 11.5. The molecule has 9 heteroatoms. The number of rotatable bonds is 22. The molecule has 0 bridgehead atoms. The number of amides is 1. The van der Waals surface area contributed by atoms with Gasteiger partial charge >= 0.3 is 5.97 Å². The molecule has 0 aromatic heterocycles. The van der Waals surface area contributed by atoms with Gasteiger partial charge in [0.2, 0.25) is 0 Å². The Morgan fingerprint density at radius 2 is 1.39 bits per heavy atom. The highest BCUT2D eigenvalue weighted by molar-refractivity contribution is 6.69. The summed E-state index contributed by atoms with van der Waals surface area (Å²) in [6, 6.07) is 8.34. The van der Waals surface area contributed by atoms with Gasteiger partial charge in [-0.3, -0.25) is 15.0 Å². The first-order chi connectivity index (χ1) is 21.1. The van der Waals surface area contributed by atoms with Crippen LogP contribution in [0, 0.1) is 12.3 Å². The highest BCUT2D eigenvalue weighted by Crippen LogP contribution is 2.25. The molecule has 0 saturated heterocycles. The maximum atomic E-state index is 13.1. The third kappa shape index (κ3) is 13.8. The van der Waals surface area contributed by atoms with Crippen LogP contribution in [0.5, 0.6) is 0 Å². The lowest BCUT2D eigenvalue weighted by Crippen LogP contribution is -2.40. The first-order valence-corrected chi connectivity index (χ1v) is 16.8. The minimum atomic E-state index is -1.28. The van der Waals surface area contributed by atoms with Crippen LogP contribution < -0.4 is 10.6 Å². The molecule has 0 aliphatic rings. The highest BCUT2D eigenvalue weighted by Gasteiger charge is 2.26. The van der Waals surface area contributed by atoms with Gasteiger partial charge in [-0.15, -0.1) is 0 Å². The van der Waals surface area contributed by atoms with E-state index < -0.39 is 23.7 Å². The number of carbonyl (C=O) groups is 3. The molecule has 0 spiro atoms. The fourth-order valence-electron chi connectivity index (χ4n) is 4.97. The lowest BCUT2D eigenvalue weighted by Gasteiger charge is -2.20. The van der Waals surface area contributed by atoms with E-state index in [1.807, 2.05) is 6.92 Å². The number of carbonyl (C=O) groups excluding carboxylic acids is 3. The summed E-state index contributed by atoms with van der Waals surface area (Å²) in [7, 11) is 0. The summed E-state index contributed by atoms with van der Waals surface area (Å²) in [5.41, 5.74) is 2.04. The van der Waals surface area contributed by atoms with Crippen LogP contribution in [0.2, 0.25) is 5.02 Å². The number of Topliss-reactive ketones (excluding diaryl/α,β-unsaturated/α-hetero) is 1. The van der Waals surface area contributed by atoms with Gasteiger partial charge in [-0.2, -0.15) is 0 Å². The summed E-state index contributed by atoms with van der Waals surface area (Å²) in [5.74, 6) is -1.62. The number of aryl methyl sites for hydroxylation is 1. The number of benzene rings is 2. The van der Waals surface area contributed by atoms with Crippen LogP contribution in [0.1, 0.15) is 125 Å². The largest absolute Gasteiger partial charge is 0.462 e. The topological polar surface area (TPSA) is 108 Å². The standard InChI is InChI=1S/C35H49Cl2N3O4/c1-4-5-6-7-8-9-10-11-12-13-14-15-16-17-22-44-35(43)27-19-21-29(36)31(24-27)40-34(42)32(26(3)41)39-30-23-25(2)18-20-28(30)33(37)38/h18-21,23-24,32,38-39H,4-17,22H2,1-3H3,(H,40,42). The van der Waals surface area contributed by atoms with Crippen molar-refractivity contribution in [1.82, 2.24) is 0 Å². The summed E-state index contributed by atoms with van der Waals surface area (Å²) >= 11 is 12.2. The Labute approximate surface area is 273 Å². The molecule has 242 valence electrons. The number of ether oxygens (including phenoxy) is 1. The highest BCUT2D eigenvalue weighted by atomic mass is 35.5. The maximum Gasteiger partial charge on any atom is 0.338 e. The fraction of sp³-hybridized carbons (Fsp3) is 0.543. The van der Waals surface area contributed by atoms with E-state index >= 15 is 0 Å². The van der Waals surface area contributed by atoms with Crippen LogP contribution in [0.15, 0.2) is 36.4 Å². The van der Waals surface area contributed by atoms with E-state index in [0.29, 0.717) is 17.9 Å². The smallest absolute Gasteiger partial charge is 0.338 e. The number of anilines is 2. The predicted molar refractivity (Wildman–Crippen MR) is 183 cm³/mol. The second kappa shape index (κ2) is 20.9. The second-order valence-corrected chi connectivity index (χ2v) is 12.3. The Morgan fingerprint density at radius 1 is 0.818 bits per heavy atom. The van der Waals surface area contributed by atoms with Crippen LogP contribution >= 0.6 is 23.2 Å². The van der Waals surface area contributed by atoms with E-state index in [9.17, 15) is 14.4 Å². The molecule has 2 aromatic rings. The third-order valence-corrected chi connectivity index (χ3v) is 8.10. The van der Waals surface area contributed by atoms with Gasteiger partial charge in [-0.25, -0.2) is 4.79 Å². The molecule has 1 amide bonds. The van der Waals surface area contributed by atoms with E-state index in [4.69, 9.17) is 33.3 Å². The summed E-state index contributed by atoms with van der Waals surface area (Å²) in [4.78, 5) is 38.2. The molecule has 44 heavy (non-hydrogen) atoms. The number of halogens is 2. The van der Waals surface area contributed by atoms with Crippen molar-refractivity contribution in [2.45, 2.75) is 117 Å². The quantitative estimate of drug-likeness (QED) is 0.0511. The van der Waals surface area contributed by atoms with E-state index in [1.165, 1.54) is 95.8 Å². The first-order valence-electron chi connectivity index (χ1n) is 16.0. The fourth-order valence-corrected chi connectivity index (χ4v) is 5.30. The molecule has 0 heterocycles. The van der Waals surface area contributed by atoms with E-state index in [0.717, 1.165) is 24.8 Å². The summed E-state index contributed by atoms with van der Waals surface area (Å²) < 4.78 is 5.45. The SMILES string of the molecule is CCCCCCCCCCCCCCCCOC(=O)c1ccc(Cl)c(NC(=O)C(Nc2cc(C)ccc2C(=N)Cl)C(C)=O)c1. The molecule has 1 atom stereocenters. The van der Waals surface area contributed by atoms with Crippen molar-refractivity contribution in [1.29, 1.82) is 5.41 Å². The molecule has 7 nitrogen and oxygen atoms in total. The first kappa shape index (κ1) is 37.3. The monoisotopic (exact) mass is 645 g/mol. The minimum Gasteiger partial charge on any atom is -0.462 e. The van der Waals surface area contributed by atoms with Crippen molar-refractivity contribution in [2.24, 2.45) is 0 Å². The number of unbranched alkanes of at least 4 members (excludes halogenated alkanes) is 13. The average Bonchev–Trinajstić information content (AvgIpc) is 2.98. The third-order valence-electron chi connectivity index (χ3n) is 7.57. The van der Waals surface area contributed by atoms with Crippen molar-refractivity contribution < 1.29 is 19.1 Å². The molecule has 0 saturated carbocycles. The summed E-state index contributed by atoms with van der Waals surface area (Å²) in [6.07, 6.45) is 17.6. The Balaban J connectivity index is 1.77. The van der Waals surface area contributed by atoms with Crippen molar-refractivity contribution in [3.05, 3.63) is 58.1 Å². The summed E-state index contributed by atoms with van der Waals surface area (Å²) in [5, 5.41) is 13.3. The number of hydrogen-bond donors (Lipinski definition) is 3. The van der Waals surface area contributed by atoms with Gasteiger partial charge in [0.05, 0.1) is 22.9 Å². The maximum absolute atomic E-state index is 13.1. The van der Waals surface area contributed by atoms with Crippen molar-refractivity contribution >= 4 is 57.4 Å². The number of nitrogens with one attached hydrogen (secondary N) is 3. The van der Waals surface area contributed by atoms with Gasteiger partial charge in [0, 0.05) is 11.3 Å². The van der Waals surface area contributed by atoms with Crippen LogP contribution in [-0.4, -0.2) is 35.5 Å². The molecule has 0 radical (unpaired) electrons. The van der Waals surface area contributed by atoms with E-state index in [-0.39, 0.29) is 21.4 Å². The zero-order valence-corrected chi connectivity index (χ0v) is 28.0. The Bertz CT molecular complexity index is 1230. The molecule has 2 aromatic carbocycles. The van der Waals surface area contributed by atoms with Crippen LogP contribution in [0.25, 0.3) is 0 Å². The predicted octanol–water partition coefficient (Wildman–Crippen LogP) is 9.86. The van der Waals surface area contributed by atoms with Crippen molar-refractivity contribution in [3.8, 4) is 0 Å². The van der Waals surface area contributed by atoms with E-state index in [1.54, 1.807) is 18.2 Å². The van der Waals surface area contributed by atoms with Gasteiger partial charge in [0.15, 0.2) is 11.8 Å². The molecule has 3 N–H and O–H groups in total. The van der Waals surface area contributed by atoms with Crippen LogP contribution in [0.4, 0.5) is 11.4 Å². The Hall–Kier alpha value is -2.90. The van der Waals surface area contributed by atoms with Gasteiger partial charge in [0.1, 0.15) is 5.17 Å². The minimum absolute atomic E-state index is 0.185. The Morgan fingerprint density at radius 3 is 1.93 bits per heavy atom. The van der Waals surface area contributed by atoms with E-state index in [2.05, 4.69) is 17.6 Å². The summed E-state index contributed by atoms with van der Waals surface area (Å²) in [6.45, 7) is 5.71. The normalized spacial score (nSPS) is 11.6. The molecule has 0 aliphatic carbocycles. The van der Waals surface area contributed by atoms with Crippen LogP contribution in [0.3, 0.4) is 0 Å². The van der Waals surface area contributed by atoms with Crippen LogP contribution in [-0.2, 0) is 14.3 Å². The lowest BCUT2D eigenvalue weighted by atomic mass is 10.0. The number of hydrogen-bond acceptors (Lipinski definition) is 6. The lowest BCUT2D eigenvalue weighted by molar-refractivity contribution is -0.125. The van der Waals surface area contributed by atoms with Gasteiger partial charge < -0.3 is 15.4 Å². The molecule has 0 fully saturated rings. The average molecular weight is 647 g/mol. The zero-order chi connectivity index (χ0) is 32.3. The van der Waals surface area contributed by atoms with Gasteiger partial charge in [-0.05, 0) is 56.2 Å². The molecule has 2 rings (SSSR count).